The molecule has 0 bridgehead atoms. The summed E-state index contributed by atoms with van der Waals surface area (Å²) in [7, 11) is 0. The molecule has 0 aliphatic rings. The van der Waals surface area contributed by atoms with E-state index in [4.69, 9.17) is 5.11 Å². The average Bonchev–Trinajstić information content (AvgIpc) is 2.30. The number of carbonyl (C=O) groups is 2. The first-order chi connectivity index (χ1) is 7.57. The fourth-order valence-corrected chi connectivity index (χ4v) is 1.62. The molecule has 0 aromatic heterocycles. The third-order valence-corrected chi connectivity index (χ3v) is 2.55. The number of aliphatic carboxylic acids is 1. The van der Waals surface area contributed by atoms with Crippen molar-refractivity contribution in [2.24, 2.45) is 5.92 Å². The number of allylic oxidation sites excluding steroid dienone is 1. The van der Waals surface area contributed by atoms with Crippen molar-refractivity contribution in [1.29, 1.82) is 0 Å². The Morgan fingerprint density at radius 2 is 1.88 bits per heavy atom. The lowest BCUT2D eigenvalue weighted by Crippen LogP contribution is -2.25. The number of carbonyl (C=O) groups excluding carboxylic acids is 1. The van der Waals surface area contributed by atoms with E-state index >= 15 is 0 Å². The molecule has 0 aliphatic carbocycles. The minimum absolute atomic E-state index is 0.203. The maximum atomic E-state index is 11.6. The van der Waals surface area contributed by atoms with Crippen LogP contribution in [-0.4, -0.2) is 16.9 Å². The molecule has 0 fully saturated rings. The Labute approximate surface area is 94.4 Å². The Morgan fingerprint density at radius 3 is 2.31 bits per heavy atom. The van der Waals surface area contributed by atoms with Crippen LogP contribution in [0.5, 0.6) is 0 Å². The predicted octanol–water partition coefficient (Wildman–Crippen LogP) is 2.25. The van der Waals surface area contributed by atoms with Gasteiger partial charge in [-0.2, -0.15) is 0 Å². The Hall–Kier alpha value is -1.90. The molecule has 0 saturated heterocycles. The molecule has 0 heterocycles. The van der Waals surface area contributed by atoms with E-state index in [0.29, 0.717) is 5.56 Å². The molecule has 16 heavy (non-hydrogen) atoms. The molecule has 1 aromatic rings. The second-order valence-corrected chi connectivity index (χ2v) is 3.65. The maximum Gasteiger partial charge on any atom is 0.372 e. The van der Waals surface area contributed by atoms with Crippen LogP contribution in [0, 0.1) is 5.92 Å². The van der Waals surface area contributed by atoms with Crippen LogP contribution in [0.3, 0.4) is 0 Å². The van der Waals surface area contributed by atoms with Crippen molar-refractivity contribution < 1.29 is 14.7 Å². The summed E-state index contributed by atoms with van der Waals surface area (Å²) in [6, 6.07) is 8.90. The Bertz CT molecular complexity index is 395. The number of ketones is 1. The van der Waals surface area contributed by atoms with E-state index in [1.54, 1.807) is 37.3 Å². The van der Waals surface area contributed by atoms with Gasteiger partial charge in [-0.3, -0.25) is 4.79 Å². The standard InChI is InChI=1S/C13H14O3/c1-3-9(2)11(12(14)13(15)16)10-7-5-4-6-8-10/h3-9,11H,1H2,2H3,(H,15,16). The maximum absolute atomic E-state index is 11.6. The molecule has 0 radical (unpaired) electrons. The summed E-state index contributed by atoms with van der Waals surface area (Å²) in [5.41, 5.74) is 0.710. The molecule has 1 rings (SSSR count). The number of rotatable bonds is 5. The molecule has 84 valence electrons. The van der Waals surface area contributed by atoms with E-state index < -0.39 is 17.7 Å². The molecule has 1 aromatic carbocycles. The van der Waals surface area contributed by atoms with Gasteiger partial charge in [0.1, 0.15) is 0 Å². The quantitative estimate of drug-likeness (QED) is 0.609. The molecule has 1 N–H and O–H groups in total. The molecule has 2 atom stereocenters. The second-order valence-electron chi connectivity index (χ2n) is 3.65. The van der Waals surface area contributed by atoms with Crippen LogP contribution < -0.4 is 0 Å². The highest BCUT2D eigenvalue weighted by atomic mass is 16.4. The molecule has 0 saturated carbocycles. The summed E-state index contributed by atoms with van der Waals surface area (Å²) in [5.74, 6) is -3.05. The van der Waals surface area contributed by atoms with Gasteiger partial charge < -0.3 is 5.11 Å². The van der Waals surface area contributed by atoms with Crippen LogP contribution >= 0.6 is 0 Å². The van der Waals surface area contributed by atoms with Gasteiger partial charge in [0.05, 0.1) is 5.92 Å². The van der Waals surface area contributed by atoms with E-state index in [-0.39, 0.29) is 5.92 Å². The summed E-state index contributed by atoms with van der Waals surface area (Å²) in [4.78, 5) is 22.3. The van der Waals surface area contributed by atoms with Crippen LogP contribution in [0.1, 0.15) is 18.4 Å². The van der Waals surface area contributed by atoms with Gasteiger partial charge in [-0.1, -0.05) is 43.3 Å². The van der Waals surface area contributed by atoms with Crippen molar-refractivity contribution >= 4 is 11.8 Å². The molecule has 3 nitrogen and oxygen atoms in total. The van der Waals surface area contributed by atoms with E-state index in [1.807, 2.05) is 6.07 Å². The largest absolute Gasteiger partial charge is 0.475 e. The minimum Gasteiger partial charge on any atom is -0.475 e. The van der Waals surface area contributed by atoms with Gasteiger partial charge in [0, 0.05) is 0 Å². The van der Waals surface area contributed by atoms with Crippen molar-refractivity contribution in [1.82, 2.24) is 0 Å². The van der Waals surface area contributed by atoms with Crippen molar-refractivity contribution in [2.75, 3.05) is 0 Å². The first-order valence-electron chi connectivity index (χ1n) is 5.02. The first kappa shape index (κ1) is 12.2. The number of hydrogen-bond donors (Lipinski definition) is 1. The van der Waals surface area contributed by atoms with Gasteiger partial charge in [0.25, 0.3) is 0 Å². The summed E-state index contributed by atoms with van der Waals surface area (Å²) in [6.45, 7) is 5.39. The highest BCUT2D eigenvalue weighted by Gasteiger charge is 2.29. The summed E-state index contributed by atoms with van der Waals surface area (Å²) >= 11 is 0. The fourth-order valence-electron chi connectivity index (χ4n) is 1.62. The van der Waals surface area contributed by atoms with E-state index in [1.165, 1.54) is 0 Å². The van der Waals surface area contributed by atoms with Crippen LogP contribution in [0.15, 0.2) is 43.0 Å². The second kappa shape index (κ2) is 5.26. The third-order valence-electron chi connectivity index (χ3n) is 2.55. The van der Waals surface area contributed by atoms with Crippen molar-refractivity contribution in [3.05, 3.63) is 48.6 Å². The predicted molar refractivity (Wildman–Crippen MR) is 61.2 cm³/mol. The third kappa shape index (κ3) is 2.57. The molecular weight excluding hydrogens is 204 g/mol. The topological polar surface area (TPSA) is 54.4 Å². The van der Waals surface area contributed by atoms with Crippen LogP contribution in [0.4, 0.5) is 0 Å². The zero-order valence-corrected chi connectivity index (χ0v) is 9.09. The van der Waals surface area contributed by atoms with E-state index in [0.717, 1.165) is 0 Å². The van der Waals surface area contributed by atoms with E-state index in [9.17, 15) is 9.59 Å². The van der Waals surface area contributed by atoms with E-state index in [2.05, 4.69) is 6.58 Å². The average molecular weight is 218 g/mol. The molecule has 0 aliphatic heterocycles. The Morgan fingerprint density at radius 1 is 1.31 bits per heavy atom. The molecule has 0 amide bonds. The lowest BCUT2D eigenvalue weighted by molar-refractivity contribution is -0.150. The summed E-state index contributed by atoms with van der Waals surface area (Å²) in [5, 5.41) is 8.77. The van der Waals surface area contributed by atoms with Crippen molar-refractivity contribution in [2.45, 2.75) is 12.8 Å². The lowest BCUT2D eigenvalue weighted by Gasteiger charge is -2.18. The molecule has 0 spiro atoms. The van der Waals surface area contributed by atoms with Gasteiger partial charge in [-0.15, -0.1) is 6.58 Å². The van der Waals surface area contributed by atoms with Gasteiger partial charge in [0.2, 0.25) is 5.78 Å². The highest BCUT2D eigenvalue weighted by Crippen LogP contribution is 2.26. The van der Waals surface area contributed by atoms with Crippen molar-refractivity contribution in [3.8, 4) is 0 Å². The zero-order valence-electron chi connectivity index (χ0n) is 9.09. The number of Topliss-reactive ketones (excluding diaryl/α,β-unsaturated/α-hetero) is 1. The summed E-state index contributed by atoms with van der Waals surface area (Å²) < 4.78 is 0. The van der Waals surface area contributed by atoms with Gasteiger partial charge >= 0.3 is 5.97 Å². The van der Waals surface area contributed by atoms with Gasteiger partial charge in [-0.05, 0) is 11.5 Å². The van der Waals surface area contributed by atoms with Gasteiger partial charge in [-0.25, -0.2) is 4.79 Å². The molecule has 2 unspecified atom stereocenters. The fraction of sp³-hybridized carbons (Fsp3) is 0.231. The molecular formula is C13H14O3. The smallest absolute Gasteiger partial charge is 0.372 e. The van der Waals surface area contributed by atoms with Crippen LogP contribution in [0.2, 0.25) is 0 Å². The normalized spacial score (nSPS) is 13.8. The van der Waals surface area contributed by atoms with Crippen LogP contribution in [-0.2, 0) is 9.59 Å². The number of carboxylic acids is 1. The molecule has 3 heteroatoms. The Balaban J connectivity index is 3.11. The van der Waals surface area contributed by atoms with Crippen molar-refractivity contribution in [3.63, 3.8) is 0 Å². The number of benzene rings is 1. The monoisotopic (exact) mass is 218 g/mol. The lowest BCUT2D eigenvalue weighted by atomic mass is 9.84. The number of carboxylic acid groups (broad SMARTS) is 1. The van der Waals surface area contributed by atoms with Gasteiger partial charge in [0.15, 0.2) is 0 Å². The highest BCUT2D eigenvalue weighted by molar-refractivity contribution is 6.35. The Kier molecular flexibility index (Phi) is 4.00. The minimum atomic E-state index is -1.40. The SMILES string of the molecule is C=CC(C)C(C(=O)C(=O)O)c1ccccc1. The van der Waals surface area contributed by atoms with Crippen LogP contribution in [0.25, 0.3) is 0 Å². The summed E-state index contributed by atoms with van der Waals surface area (Å²) in [6.07, 6.45) is 1.60. The zero-order chi connectivity index (χ0) is 12.1. The number of hydrogen-bond acceptors (Lipinski definition) is 2. The first-order valence-corrected chi connectivity index (χ1v) is 5.02.